The molecular formula is C20H18N2O2. The van der Waals surface area contributed by atoms with Crippen molar-refractivity contribution < 1.29 is 9.59 Å². The fourth-order valence-electron chi connectivity index (χ4n) is 3.36. The molecule has 2 aromatic heterocycles. The predicted octanol–water partition coefficient (Wildman–Crippen LogP) is 3.41. The molecule has 1 aliphatic heterocycles. The van der Waals surface area contributed by atoms with Gasteiger partial charge in [0.2, 0.25) is 0 Å². The van der Waals surface area contributed by atoms with Crippen molar-refractivity contribution in [3.8, 4) is 11.1 Å². The number of hydrogen-bond acceptors (Lipinski definition) is 2. The van der Waals surface area contributed by atoms with Gasteiger partial charge < -0.3 is 9.30 Å². The standard InChI is InChI=1S/C20H18N2O2/c23-19(20(24)21-11-6-7-12-21)18-17(15-8-2-1-3-9-15)14-16-10-4-5-13-22(16)18/h1-5,8-10,13-14H,6-7,11-12H2. The highest BCUT2D eigenvalue weighted by Gasteiger charge is 2.29. The Kier molecular flexibility index (Phi) is 3.65. The van der Waals surface area contributed by atoms with Crippen LogP contribution in [0.15, 0.2) is 60.8 Å². The number of nitrogens with zero attached hydrogens (tertiary/aromatic N) is 2. The van der Waals surface area contributed by atoms with Gasteiger partial charge in [0.25, 0.3) is 11.7 Å². The second kappa shape index (κ2) is 5.96. The van der Waals surface area contributed by atoms with E-state index in [2.05, 4.69) is 0 Å². The van der Waals surface area contributed by atoms with Crippen molar-refractivity contribution in [1.29, 1.82) is 0 Å². The largest absolute Gasteiger partial charge is 0.336 e. The molecule has 1 amide bonds. The summed E-state index contributed by atoms with van der Waals surface area (Å²) in [6, 6.07) is 17.5. The minimum absolute atomic E-state index is 0.395. The number of rotatable bonds is 3. The maximum absolute atomic E-state index is 13.0. The van der Waals surface area contributed by atoms with Crippen LogP contribution in [0, 0.1) is 0 Å². The van der Waals surface area contributed by atoms with Crippen LogP contribution in [-0.2, 0) is 4.79 Å². The number of likely N-dealkylation sites (tertiary alicyclic amines) is 1. The van der Waals surface area contributed by atoms with E-state index in [0.29, 0.717) is 18.8 Å². The van der Waals surface area contributed by atoms with Crippen molar-refractivity contribution in [3.05, 3.63) is 66.5 Å². The van der Waals surface area contributed by atoms with Crippen LogP contribution in [0.1, 0.15) is 23.3 Å². The number of Topliss-reactive ketones (excluding diaryl/α,β-unsaturated/α-hetero) is 1. The van der Waals surface area contributed by atoms with Gasteiger partial charge >= 0.3 is 0 Å². The Morgan fingerprint density at radius 1 is 0.875 bits per heavy atom. The van der Waals surface area contributed by atoms with Crippen LogP contribution in [-0.4, -0.2) is 34.1 Å². The summed E-state index contributed by atoms with van der Waals surface area (Å²) < 4.78 is 1.82. The Morgan fingerprint density at radius 3 is 2.33 bits per heavy atom. The topological polar surface area (TPSA) is 41.8 Å². The van der Waals surface area contributed by atoms with E-state index in [0.717, 1.165) is 29.5 Å². The molecule has 0 atom stereocenters. The number of carbonyl (C=O) groups is 2. The fraction of sp³-hybridized carbons (Fsp3) is 0.200. The van der Waals surface area contributed by atoms with Crippen molar-refractivity contribution in [2.45, 2.75) is 12.8 Å². The molecule has 4 rings (SSSR count). The second-order valence-electron chi connectivity index (χ2n) is 6.10. The van der Waals surface area contributed by atoms with Crippen LogP contribution in [0.2, 0.25) is 0 Å². The van der Waals surface area contributed by atoms with E-state index in [1.54, 1.807) is 4.90 Å². The van der Waals surface area contributed by atoms with Crippen molar-refractivity contribution in [2.24, 2.45) is 0 Å². The van der Waals surface area contributed by atoms with E-state index >= 15 is 0 Å². The summed E-state index contributed by atoms with van der Waals surface area (Å²) in [7, 11) is 0. The second-order valence-corrected chi connectivity index (χ2v) is 6.10. The van der Waals surface area contributed by atoms with Crippen LogP contribution < -0.4 is 0 Å². The summed E-state index contributed by atoms with van der Waals surface area (Å²) in [4.78, 5) is 27.3. The maximum atomic E-state index is 13.0. The van der Waals surface area contributed by atoms with Crippen molar-refractivity contribution in [2.75, 3.05) is 13.1 Å². The van der Waals surface area contributed by atoms with Gasteiger partial charge in [0, 0.05) is 30.4 Å². The zero-order valence-electron chi connectivity index (χ0n) is 13.3. The molecule has 0 bridgehead atoms. The first-order valence-electron chi connectivity index (χ1n) is 8.25. The van der Waals surface area contributed by atoms with E-state index in [4.69, 9.17) is 0 Å². The van der Waals surface area contributed by atoms with Crippen LogP contribution >= 0.6 is 0 Å². The highest BCUT2D eigenvalue weighted by molar-refractivity contribution is 6.43. The summed E-state index contributed by atoms with van der Waals surface area (Å²) in [6.07, 6.45) is 3.78. The average molecular weight is 318 g/mol. The summed E-state index contributed by atoms with van der Waals surface area (Å²) in [5.74, 6) is -0.824. The van der Waals surface area contributed by atoms with E-state index in [-0.39, 0.29) is 0 Å². The average Bonchev–Trinajstić information content (AvgIpc) is 3.29. The minimum atomic E-state index is -0.429. The summed E-state index contributed by atoms with van der Waals surface area (Å²) >= 11 is 0. The molecule has 0 aliphatic carbocycles. The van der Waals surface area contributed by atoms with Gasteiger partial charge in [-0.05, 0) is 36.6 Å². The summed E-state index contributed by atoms with van der Waals surface area (Å²) in [6.45, 7) is 1.35. The van der Waals surface area contributed by atoms with Crippen molar-refractivity contribution in [1.82, 2.24) is 9.30 Å². The molecule has 0 N–H and O–H groups in total. The molecule has 3 heterocycles. The third kappa shape index (κ3) is 2.40. The maximum Gasteiger partial charge on any atom is 0.296 e. The number of fused-ring (bicyclic) bond motifs is 1. The van der Waals surface area contributed by atoms with Crippen molar-refractivity contribution >= 4 is 17.2 Å². The summed E-state index contributed by atoms with van der Waals surface area (Å²) in [5.41, 5.74) is 3.11. The predicted molar refractivity (Wildman–Crippen MR) is 93.0 cm³/mol. The Hall–Kier alpha value is -2.88. The first-order chi connectivity index (χ1) is 11.8. The van der Waals surface area contributed by atoms with Gasteiger partial charge in [-0.3, -0.25) is 9.59 Å². The molecule has 0 radical (unpaired) electrons. The van der Waals surface area contributed by atoms with E-state index < -0.39 is 11.7 Å². The molecule has 1 saturated heterocycles. The molecule has 120 valence electrons. The first-order valence-corrected chi connectivity index (χ1v) is 8.25. The molecule has 4 heteroatoms. The molecule has 0 unspecified atom stereocenters. The van der Waals surface area contributed by atoms with E-state index in [1.807, 2.05) is 65.2 Å². The molecule has 1 aromatic carbocycles. The highest BCUT2D eigenvalue weighted by atomic mass is 16.2. The zero-order chi connectivity index (χ0) is 16.5. The Morgan fingerprint density at radius 2 is 1.58 bits per heavy atom. The number of hydrogen-bond donors (Lipinski definition) is 0. The molecule has 0 saturated carbocycles. The zero-order valence-corrected chi connectivity index (χ0v) is 13.3. The van der Waals surface area contributed by atoms with Crippen molar-refractivity contribution in [3.63, 3.8) is 0 Å². The van der Waals surface area contributed by atoms with Crippen LogP contribution in [0.25, 0.3) is 16.6 Å². The lowest BCUT2D eigenvalue weighted by molar-refractivity contribution is -0.125. The lowest BCUT2D eigenvalue weighted by Gasteiger charge is -2.14. The van der Waals surface area contributed by atoms with Gasteiger partial charge in [-0.2, -0.15) is 0 Å². The number of benzene rings is 1. The Labute approximate surface area is 140 Å². The molecule has 24 heavy (non-hydrogen) atoms. The molecule has 0 spiro atoms. The number of amides is 1. The number of ketones is 1. The Bertz CT molecular complexity index is 906. The van der Waals surface area contributed by atoms with Gasteiger partial charge in [-0.15, -0.1) is 0 Å². The van der Waals surface area contributed by atoms with Crippen LogP contribution in [0.5, 0.6) is 0 Å². The highest BCUT2D eigenvalue weighted by Crippen LogP contribution is 2.28. The normalized spacial score (nSPS) is 14.2. The number of aromatic nitrogens is 1. The quantitative estimate of drug-likeness (QED) is 0.548. The van der Waals surface area contributed by atoms with Gasteiger partial charge in [0.15, 0.2) is 0 Å². The molecular weight excluding hydrogens is 300 g/mol. The first kappa shape index (κ1) is 14.7. The van der Waals surface area contributed by atoms with Crippen LogP contribution in [0.4, 0.5) is 0 Å². The van der Waals surface area contributed by atoms with E-state index in [1.165, 1.54) is 0 Å². The lowest BCUT2D eigenvalue weighted by Crippen LogP contribution is -2.34. The molecule has 1 aliphatic rings. The number of pyridine rings is 1. The third-order valence-electron chi connectivity index (χ3n) is 4.57. The Balaban J connectivity index is 1.86. The van der Waals surface area contributed by atoms with Gasteiger partial charge in [-0.1, -0.05) is 36.4 Å². The molecule has 1 fully saturated rings. The molecule has 3 aromatic rings. The molecule has 4 nitrogen and oxygen atoms in total. The smallest absolute Gasteiger partial charge is 0.296 e. The van der Waals surface area contributed by atoms with Gasteiger partial charge in [-0.25, -0.2) is 0 Å². The number of carbonyl (C=O) groups excluding carboxylic acids is 2. The SMILES string of the molecule is O=C(C(=O)N1CCCC1)c1c(-c2ccccc2)cc2ccccn12. The van der Waals surface area contributed by atoms with Crippen LogP contribution in [0.3, 0.4) is 0 Å². The van der Waals surface area contributed by atoms with Gasteiger partial charge in [0.05, 0.1) is 0 Å². The fourth-order valence-corrected chi connectivity index (χ4v) is 3.36. The van der Waals surface area contributed by atoms with E-state index in [9.17, 15) is 9.59 Å². The van der Waals surface area contributed by atoms with Gasteiger partial charge in [0.1, 0.15) is 5.69 Å². The lowest BCUT2D eigenvalue weighted by atomic mass is 10.0. The monoisotopic (exact) mass is 318 g/mol. The minimum Gasteiger partial charge on any atom is -0.336 e. The summed E-state index contributed by atoms with van der Waals surface area (Å²) in [5, 5.41) is 0. The third-order valence-corrected chi connectivity index (χ3v) is 4.57.